The Labute approximate surface area is 112 Å². The van der Waals surface area contributed by atoms with Gasteiger partial charge in [-0.3, -0.25) is 9.59 Å². The van der Waals surface area contributed by atoms with Crippen molar-refractivity contribution < 1.29 is 19.4 Å². The third kappa shape index (κ3) is 6.01. The van der Waals surface area contributed by atoms with E-state index in [0.717, 1.165) is 24.9 Å². The Kier molecular flexibility index (Phi) is 6.60. The van der Waals surface area contributed by atoms with E-state index in [1.165, 1.54) is 7.11 Å². The minimum atomic E-state index is -0.720. The van der Waals surface area contributed by atoms with Gasteiger partial charge in [0, 0.05) is 0 Å². The summed E-state index contributed by atoms with van der Waals surface area (Å²) in [6.45, 7) is 0.858. The number of esters is 1. The van der Waals surface area contributed by atoms with E-state index < -0.39 is 5.97 Å². The Balaban J connectivity index is 0.000000200. The molecule has 0 radical (unpaired) electrons. The molecule has 5 heteroatoms. The molecule has 1 aromatic carbocycles. The highest BCUT2D eigenvalue weighted by molar-refractivity contribution is 5.73. The van der Waals surface area contributed by atoms with Gasteiger partial charge in [0.2, 0.25) is 0 Å². The Morgan fingerprint density at radius 1 is 1.37 bits per heavy atom. The molecule has 0 saturated carbocycles. The number of carboxylic acids is 1. The van der Waals surface area contributed by atoms with Gasteiger partial charge in [0.25, 0.3) is 0 Å². The van der Waals surface area contributed by atoms with Crippen molar-refractivity contribution in [1.82, 2.24) is 5.32 Å². The van der Waals surface area contributed by atoms with Crippen molar-refractivity contribution in [2.24, 2.45) is 0 Å². The Morgan fingerprint density at radius 2 is 2.05 bits per heavy atom. The zero-order chi connectivity index (χ0) is 14.1. The van der Waals surface area contributed by atoms with Gasteiger partial charge in [-0.25, -0.2) is 0 Å². The molecule has 5 nitrogen and oxygen atoms in total. The predicted octanol–water partition coefficient (Wildman–Crippen LogP) is 1.23. The second-order valence-corrected chi connectivity index (χ2v) is 4.23. The van der Waals surface area contributed by atoms with Gasteiger partial charge < -0.3 is 15.2 Å². The van der Waals surface area contributed by atoms with Crippen LogP contribution in [0.2, 0.25) is 0 Å². The summed E-state index contributed by atoms with van der Waals surface area (Å²) in [5.41, 5.74) is 0.986. The normalized spacial score (nSPS) is 17.2. The molecular formula is C14H19NO4. The fraction of sp³-hybridized carbons (Fsp3) is 0.429. The second-order valence-electron chi connectivity index (χ2n) is 4.23. The molecule has 104 valence electrons. The monoisotopic (exact) mass is 265 g/mol. The molecule has 0 aromatic heterocycles. The quantitative estimate of drug-likeness (QED) is 0.804. The van der Waals surface area contributed by atoms with Crippen LogP contribution in [-0.4, -0.2) is 36.7 Å². The fourth-order valence-corrected chi connectivity index (χ4v) is 1.73. The minimum absolute atomic E-state index is 0.198. The van der Waals surface area contributed by atoms with E-state index in [-0.39, 0.29) is 12.0 Å². The molecule has 1 heterocycles. The molecule has 2 N–H and O–H groups in total. The van der Waals surface area contributed by atoms with Gasteiger partial charge in [-0.15, -0.1) is 0 Å². The third-order valence-corrected chi connectivity index (χ3v) is 2.78. The summed E-state index contributed by atoms with van der Waals surface area (Å²) in [6, 6.07) is 9.25. The van der Waals surface area contributed by atoms with Crippen LogP contribution in [0.25, 0.3) is 0 Å². The number of aliphatic carboxylic acids is 1. The summed E-state index contributed by atoms with van der Waals surface area (Å²) in [7, 11) is 1.39. The summed E-state index contributed by atoms with van der Waals surface area (Å²) in [4.78, 5) is 20.9. The highest BCUT2D eigenvalue weighted by Crippen LogP contribution is 2.03. The zero-order valence-electron chi connectivity index (χ0n) is 11.0. The number of ether oxygens (including phenoxy) is 1. The molecule has 1 aliphatic rings. The molecule has 1 aromatic rings. The van der Waals surface area contributed by atoms with Crippen molar-refractivity contribution in [3.05, 3.63) is 35.9 Å². The molecule has 0 amide bonds. The van der Waals surface area contributed by atoms with Gasteiger partial charge in [-0.05, 0) is 24.9 Å². The summed E-state index contributed by atoms with van der Waals surface area (Å²) < 4.78 is 4.52. The molecule has 1 atom stereocenters. The van der Waals surface area contributed by atoms with Crippen LogP contribution in [0.15, 0.2) is 30.3 Å². The number of benzene rings is 1. The summed E-state index contributed by atoms with van der Waals surface area (Å²) in [6.07, 6.45) is 2.14. The first kappa shape index (κ1) is 15.2. The number of carboxylic acid groups (broad SMARTS) is 1. The maximum Gasteiger partial charge on any atom is 0.320 e. The molecule has 0 unspecified atom stereocenters. The van der Waals surface area contributed by atoms with Crippen LogP contribution in [0.1, 0.15) is 18.4 Å². The van der Waals surface area contributed by atoms with E-state index in [0.29, 0.717) is 6.42 Å². The lowest BCUT2D eigenvalue weighted by atomic mass is 10.2. The van der Waals surface area contributed by atoms with Crippen LogP contribution in [0.3, 0.4) is 0 Å². The van der Waals surface area contributed by atoms with Crippen LogP contribution < -0.4 is 5.32 Å². The first-order valence-electron chi connectivity index (χ1n) is 6.20. The van der Waals surface area contributed by atoms with E-state index in [9.17, 15) is 9.59 Å². The number of nitrogens with one attached hydrogen (secondary N) is 1. The first-order valence-corrected chi connectivity index (χ1v) is 6.20. The molecule has 0 bridgehead atoms. The maximum absolute atomic E-state index is 10.8. The average Bonchev–Trinajstić information content (AvgIpc) is 2.94. The van der Waals surface area contributed by atoms with E-state index in [1.54, 1.807) is 0 Å². The second kappa shape index (κ2) is 8.26. The standard InChI is InChI=1S/C9H10O2.C5H9NO2/c1-11-9(10)7-8-5-3-2-4-6-8;7-5(8)4-2-1-3-6-4/h2-6H,7H2,1H3;4,6H,1-3H2,(H,7,8)/t;4-/m.0/s1. The van der Waals surface area contributed by atoms with E-state index in [2.05, 4.69) is 10.1 Å². The van der Waals surface area contributed by atoms with Crippen LogP contribution in [0.5, 0.6) is 0 Å². The zero-order valence-corrected chi connectivity index (χ0v) is 11.0. The fourth-order valence-electron chi connectivity index (χ4n) is 1.73. The van der Waals surface area contributed by atoms with Crippen LogP contribution in [-0.2, 0) is 20.7 Å². The maximum atomic E-state index is 10.8. The van der Waals surface area contributed by atoms with Gasteiger partial charge in [-0.2, -0.15) is 0 Å². The Morgan fingerprint density at radius 3 is 2.47 bits per heavy atom. The molecule has 0 aliphatic carbocycles. The lowest BCUT2D eigenvalue weighted by molar-refractivity contribution is -0.140. The highest BCUT2D eigenvalue weighted by atomic mass is 16.5. The average molecular weight is 265 g/mol. The van der Waals surface area contributed by atoms with Crippen molar-refractivity contribution >= 4 is 11.9 Å². The van der Waals surface area contributed by atoms with Gasteiger partial charge in [0.15, 0.2) is 0 Å². The summed E-state index contributed by atoms with van der Waals surface area (Å²) in [5, 5.41) is 11.2. The number of carbonyl (C=O) groups is 2. The first-order chi connectivity index (χ1) is 9.13. The smallest absolute Gasteiger partial charge is 0.320 e. The van der Waals surface area contributed by atoms with Crippen molar-refractivity contribution in [3.8, 4) is 0 Å². The predicted molar refractivity (Wildman–Crippen MR) is 70.8 cm³/mol. The molecule has 0 spiro atoms. The van der Waals surface area contributed by atoms with Gasteiger partial charge in [-0.1, -0.05) is 30.3 Å². The van der Waals surface area contributed by atoms with E-state index in [1.807, 2.05) is 30.3 Å². The largest absolute Gasteiger partial charge is 0.480 e. The van der Waals surface area contributed by atoms with Crippen molar-refractivity contribution in [3.63, 3.8) is 0 Å². The Hall–Kier alpha value is -1.88. The lowest BCUT2D eigenvalue weighted by Gasteiger charge is -1.99. The lowest BCUT2D eigenvalue weighted by Crippen LogP contribution is -2.29. The summed E-state index contributed by atoms with van der Waals surface area (Å²) >= 11 is 0. The van der Waals surface area contributed by atoms with Gasteiger partial charge in [0.05, 0.1) is 13.5 Å². The highest BCUT2D eigenvalue weighted by Gasteiger charge is 2.20. The molecule has 1 saturated heterocycles. The van der Waals surface area contributed by atoms with E-state index in [4.69, 9.17) is 5.11 Å². The molecular weight excluding hydrogens is 246 g/mol. The number of hydrogen-bond acceptors (Lipinski definition) is 4. The van der Waals surface area contributed by atoms with E-state index >= 15 is 0 Å². The van der Waals surface area contributed by atoms with Crippen LogP contribution in [0, 0.1) is 0 Å². The van der Waals surface area contributed by atoms with Crippen molar-refractivity contribution in [1.29, 1.82) is 0 Å². The minimum Gasteiger partial charge on any atom is -0.480 e. The van der Waals surface area contributed by atoms with Crippen LogP contribution in [0.4, 0.5) is 0 Å². The molecule has 2 rings (SSSR count). The molecule has 1 aliphatic heterocycles. The number of methoxy groups -OCH3 is 1. The Bertz CT molecular complexity index is 399. The van der Waals surface area contributed by atoms with Crippen molar-refractivity contribution in [2.45, 2.75) is 25.3 Å². The number of rotatable bonds is 3. The van der Waals surface area contributed by atoms with Crippen molar-refractivity contribution in [2.75, 3.05) is 13.7 Å². The van der Waals surface area contributed by atoms with Gasteiger partial charge >= 0.3 is 11.9 Å². The topological polar surface area (TPSA) is 75.6 Å². The van der Waals surface area contributed by atoms with Gasteiger partial charge in [0.1, 0.15) is 6.04 Å². The number of hydrogen-bond donors (Lipinski definition) is 2. The SMILES string of the molecule is COC(=O)Cc1ccccc1.O=C(O)[C@@H]1CCCN1. The summed E-state index contributed by atoms with van der Waals surface area (Å²) in [5.74, 6) is -0.918. The third-order valence-electron chi connectivity index (χ3n) is 2.78. The van der Waals surface area contributed by atoms with Crippen LogP contribution >= 0.6 is 0 Å². The molecule has 19 heavy (non-hydrogen) atoms. The number of carbonyl (C=O) groups excluding carboxylic acids is 1. The molecule has 1 fully saturated rings.